The van der Waals surface area contributed by atoms with E-state index in [-0.39, 0.29) is 11.5 Å². The molecule has 3 N–H and O–H groups in total. The molecule has 16 heavy (non-hydrogen) atoms. The Bertz CT molecular complexity index is 400. The molecule has 1 fully saturated rings. The average molecular weight is 222 g/mol. The van der Waals surface area contributed by atoms with Crippen LogP contribution in [0.15, 0.2) is 18.2 Å². The zero-order valence-electron chi connectivity index (χ0n) is 9.00. The summed E-state index contributed by atoms with van der Waals surface area (Å²) < 4.78 is 12.8. The van der Waals surface area contributed by atoms with Gasteiger partial charge < -0.3 is 11.1 Å². The normalized spacial score (nSPS) is 19.9. The van der Waals surface area contributed by atoms with E-state index < -0.39 is 5.82 Å². The van der Waals surface area contributed by atoms with Crippen LogP contribution in [-0.4, -0.2) is 18.9 Å². The number of nitrogens with one attached hydrogen (secondary N) is 1. The minimum absolute atomic E-state index is 0.00574. The van der Waals surface area contributed by atoms with Crippen LogP contribution in [0.2, 0.25) is 0 Å². The number of benzene rings is 1. The first-order valence-electron chi connectivity index (χ1n) is 5.46. The fraction of sp³-hybridized carbons (Fsp3) is 0.417. The fourth-order valence-electron chi connectivity index (χ4n) is 2.05. The number of hydrogen-bond donors (Lipinski definition) is 2. The molecule has 1 aliphatic rings. The van der Waals surface area contributed by atoms with Crippen molar-refractivity contribution < 1.29 is 9.18 Å². The first-order chi connectivity index (χ1) is 7.66. The number of rotatable bonds is 3. The second kappa shape index (κ2) is 4.61. The maximum atomic E-state index is 12.8. The van der Waals surface area contributed by atoms with E-state index in [1.165, 1.54) is 18.2 Å². The van der Waals surface area contributed by atoms with Gasteiger partial charge in [0.1, 0.15) is 5.82 Å². The van der Waals surface area contributed by atoms with Crippen molar-refractivity contribution in [2.45, 2.75) is 12.8 Å². The molecule has 1 saturated heterocycles. The number of hydrogen-bond acceptors (Lipinski definition) is 3. The molecule has 0 radical (unpaired) electrons. The van der Waals surface area contributed by atoms with Gasteiger partial charge in [-0.2, -0.15) is 0 Å². The third-order valence-corrected chi connectivity index (χ3v) is 2.95. The third kappa shape index (κ3) is 2.39. The van der Waals surface area contributed by atoms with Gasteiger partial charge in [0.15, 0.2) is 5.78 Å². The molecule has 1 unspecified atom stereocenters. The van der Waals surface area contributed by atoms with E-state index in [4.69, 9.17) is 5.73 Å². The lowest BCUT2D eigenvalue weighted by atomic mass is 9.97. The summed E-state index contributed by atoms with van der Waals surface area (Å²) in [7, 11) is 0. The molecule has 1 aromatic carbocycles. The van der Waals surface area contributed by atoms with Crippen molar-refractivity contribution in [2.24, 2.45) is 5.92 Å². The van der Waals surface area contributed by atoms with Crippen molar-refractivity contribution >= 4 is 11.5 Å². The van der Waals surface area contributed by atoms with Gasteiger partial charge in [0.25, 0.3) is 0 Å². The highest BCUT2D eigenvalue weighted by atomic mass is 19.1. The van der Waals surface area contributed by atoms with Crippen molar-refractivity contribution in [3.63, 3.8) is 0 Å². The van der Waals surface area contributed by atoms with E-state index in [9.17, 15) is 9.18 Å². The Labute approximate surface area is 93.8 Å². The van der Waals surface area contributed by atoms with Crippen LogP contribution in [0.1, 0.15) is 23.2 Å². The molecule has 4 heteroatoms. The van der Waals surface area contributed by atoms with Crippen LogP contribution in [0.5, 0.6) is 0 Å². The Hall–Kier alpha value is -1.42. The number of carbonyl (C=O) groups excluding carboxylic acids is 1. The number of nitrogen functional groups attached to an aromatic ring is 1. The minimum Gasteiger partial charge on any atom is -0.398 e. The summed E-state index contributed by atoms with van der Waals surface area (Å²) in [5.74, 6) is -0.0141. The van der Waals surface area contributed by atoms with Gasteiger partial charge in [-0.3, -0.25) is 4.79 Å². The molecule has 1 heterocycles. The molecular weight excluding hydrogens is 207 g/mol. The number of Topliss-reactive ketones (excluding diaryl/α,β-unsaturated/α-hetero) is 1. The van der Waals surface area contributed by atoms with E-state index in [0.29, 0.717) is 17.9 Å². The average Bonchev–Trinajstić information content (AvgIpc) is 2.70. The van der Waals surface area contributed by atoms with E-state index in [1.54, 1.807) is 0 Å². The maximum Gasteiger partial charge on any atom is 0.165 e. The molecule has 1 aromatic rings. The van der Waals surface area contributed by atoms with Crippen LogP contribution in [-0.2, 0) is 0 Å². The summed E-state index contributed by atoms with van der Waals surface area (Å²) in [6.45, 7) is 1.85. The van der Waals surface area contributed by atoms with Gasteiger partial charge in [0, 0.05) is 17.7 Å². The molecule has 0 aliphatic carbocycles. The third-order valence-electron chi connectivity index (χ3n) is 2.95. The largest absolute Gasteiger partial charge is 0.398 e. The Morgan fingerprint density at radius 2 is 2.38 bits per heavy atom. The molecular formula is C12H15FN2O. The highest BCUT2D eigenvalue weighted by molar-refractivity contribution is 6.00. The topological polar surface area (TPSA) is 55.1 Å². The Balaban J connectivity index is 2.08. The van der Waals surface area contributed by atoms with Gasteiger partial charge in [-0.15, -0.1) is 0 Å². The van der Waals surface area contributed by atoms with Crippen molar-refractivity contribution in [3.05, 3.63) is 29.6 Å². The molecule has 1 atom stereocenters. The van der Waals surface area contributed by atoms with Gasteiger partial charge in [0.2, 0.25) is 0 Å². The summed E-state index contributed by atoms with van der Waals surface area (Å²) in [4.78, 5) is 11.9. The SMILES string of the molecule is Nc1cc(F)ccc1C(=O)CC1CCNC1. The number of halogens is 1. The monoisotopic (exact) mass is 222 g/mol. The molecule has 0 bridgehead atoms. The number of carbonyl (C=O) groups is 1. The van der Waals surface area contributed by atoms with Crippen molar-refractivity contribution in [3.8, 4) is 0 Å². The van der Waals surface area contributed by atoms with Crippen LogP contribution in [0, 0.1) is 11.7 Å². The van der Waals surface area contributed by atoms with E-state index in [1.807, 2.05) is 0 Å². The molecule has 0 spiro atoms. The summed E-state index contributed by atoms with van der Waals surface area (Å²) in [5, 5.41) is 3.21. The van der Waals surface area contributed by atoms with Gasteiger partial charge in [-0.05, 0) is 43.6 Å². The molecule has 0 aromatic heterocycles. The van der Waals surface area contributed by atoms with E-state index in [0.717, 1.165) is 19.5 Å². The number of ketones is 1. The summed E-state index contributed by atoms with van der Waals surface area (Å²) in [5.41, 5.74) is 6.29. The molecule has 0 saturated carbocycles. The highest BCUT2D eigenvalue weighted by Gasteiger charge is 2.20. The molecule has 3 nitrogen and oxygen atoms in total. The van der Waals surface area contributed by atoms with Crippen molar-refractivity contribution in [2.75, 3.05) is 18.8 Å². The van der Waals surface area contributed by atoms with E-state index in [2.05, 4.69) is 5.32 Å². The maximum absolute atomic E-state index is 12.8. The lowest BCUT2D eigenvalue weighted by molar-refractivity contribution is 0.0965. The van der Waals surface area contributed by atoms with Gasteiger partial charge in [0.05, 0.1) is 0 Å². The molecule has 0 amide bonds. The fourth-order valence-corrected chi connectivity index (χ4v) is 2.05. The van der Waals surface area contributed by atoms with Crippen LogP contribution in [0.3, 0.4) is 0 Å². The van der Waals surface area contributed by atoms with Gasteiger partial charge >= 0.3 is 0 Å². The zero-order valence-corrected chi connectivity index (χ0v) is 9.00. The van der Waals surface area contributed by atoms with Crippen LogP contribution in [0.4, 0.5) is 10.1 Å². The molecule has 1 aliphatic heterocycles. The zero-order chi connectivity index (χ0) is 11.5. The Kier molecular flexibility index (Phi) is 3.19. The second-order valence-corrected chi connectivity index (χ2v) is 4.22. The van der Waals surface area contributed by atoms with Gasteiger partial charge in [-0.1, -0.05) is 0 Å². The quantitative estimate of drug-likeness (QED) is 0.603. The predicted octanol–water partition coefficient (Wildman–Crippen LogP) is 1.59. The summed E-state index contributed by atoms with van der Waals surface area (Å²) in [6, 6.07) is 3.94. The van der Waals surface area contributed by atoms with Crippen molar-refractivity contribution in [1.29, 1.82) is 0 Å². The Morgan fingerprint density at radius 3 is 3.00 bits per heavy atom. The Morgan fingerprint density at radius 1 is 1.56 bits per heavy atom. The number of nitrogens with two attached hydrogens (primary N) is 1. The van der Waals surface area contributed by atoms with Gasteiger partial charge in [-0.25, -0.2) is 4.39 Å². The number of anilines is 1. The van der Waals surface area contributed by atoms with Crippen LogP contribution >= 0.6 is 0 Å². The first-order valence-corrected chi connectivity index (χ1v) is 5.46. The lowest BCUT2D eigenvalue weighted by Gasteiger charge is -2.08. The second-order valence-electron chi connectivity index (χ2n) is 4.22. The summed E-state index contributed by atoms with van der Waals surface area (Å²) in [6.07, 6.45) is 1.51. The predicted molar refractivity (Wildman–Crippen MR) is 60.7 cm³/mol. The smallest absolute Gasteiger partial charge is 0.165 e. The molecule has 86 valence electrons. The summed E-state index contributed by atoms with van der Waals surface area (Å²) >= 11 is 0. The minimum atomic E-state index is -0.406. The molecule has 2 rings (SSSR count). The van der Waals surface area contributed by atoms with Crippen molar-refractivity contribution in [1.82, 2.24) is 5.32 Å². The first kappa shape index (κ1) is 11.1. The lowest BCUT2D eigenvalue weighted by Crippen LogP contribution is -2.14. The standard InChI is InChI=1S/C12H15FN2O/c13-9-1-2-10(11(14)6-9)12(16)5-8-3-4-15-7-8/h1-2,6,8,15H,3-5,7,14H2. The van der Waals surface area contributed by atoms with Crippen LogP contribution < -0.4 is 11.1 Å². The van der Waals surface area contributed by atoms with Crippen LogP contribution in [0.25, 0.3) is 0 Å². The highest BCUT2D eigenvalue weighted by Crippen LogP contribution is 2.20. The van der Waals surface area contributed by atoms with E-state index >= 15 is 0 Å².